The number of carbonyl (C=O) groups is 1. The minimum atomic E-state index is -1.02. The Balaban J connectivity index is 2.08. The van der Waals surface area contributed by atoms with Gasteiger partial charge in [-0.15, -0.1) is 0 Å². The van der Waals surface area contributed by atoms with Gasteiger partial charge in [0.25, 0.3) is 0 Å². The topological polar surface area (TPSA) is 43.4 Å². The lowest BCUT2D eigenvalue weighted by molar-refractivity contribution is -0.139. The van der Waals surface area contributed by atoms with Gasteiger partial charge in [-0.3, -0.25) is 9.00 Å². The van der Waals surface area contributed by atoms with Crippen molar-refractivity contribution in [1.82, 2.24) is 0 Å². The summed E-state index contributed by atoms with van der Waals surface area (Å²) < 4.78 is 30.1. The Labute approximate surface area is 154 Å². The van der Waals surface area contributed by atoms with Gasteiger partial charge in [-0.2, -0.15) is 0 Å². The summed E-state index contributed by atoms with van der Waals surface area (Å²) >= 11 is 0. The number of benzene rings is 2. The molecule has 0 spiro atoms. The highest BCUT2D eigenvalue weighted by atomic mass is 32.2. The smallest absolute Gasteiger partial charge is 0.310 e. The summed E-state index contributed by atoms with van der Waals surface area (Å²) in [6.07, 6.45) is 3.74. The third kappa shape index (κ3) is 3.53. The van der Waals surface area contributed by atoms with Gasteiger partial charge in [0.15, 0.2) is 0 Å². The van der Waals surface area contributed by atoms with E-state index in [1.807, 2.05) is 37.3 Å². The molecule has 1 unspecified atom stereocenters. The number of carbonyl (C=O) groups excluding carboxylic acids is 1. The zero-order valence-electron chi connectivity index (χ0n) is 14.8. The molecule has 0 heterocycles. The van der Waals surface area contributed by atoms with Gasteiger partial charge in [-0.25, -0.2) is 4.39 Å². The van der Waals surface area contributed by atoms with Crippen LogP contribution in [-0.4, -0.2) is 23.5 Å². The molecule has 0 amide bonds. The lowest BCUT2D eigenvalue weighted by Crippen LogP contribution is -2.01. The van der Waals surface area contributed by atoms with E-state index < -0.39 is 10.8 Å². The van der Waals surface area contributed by atoms with Crippen LogP contribution in [0.2, 0.25) is 0 Å². The molecular formula is C21H19FO3S. The molecule has 26 heavy (non-hydrogen) atoms. The van der Waals surface area contributed by atoms with E-state index in [0.29, 0.717) is 0 Å². The zero-order valence-corrected chi connectivity index (χ0v) is 15.7. The van der Waals surface area contributed by atoms with E-state index in [0.717, 1.165) is 38.3 Å². The molecular weight excluding hydrogens is 351 g/mol. The van der Waals surface area contributed by atoms with Gasteiger partial charge in [0.05, 0.1) is 13.5 Å². The van der Waals surface area contributed by atoms with Crippen molar-refractivity contribution in [2.24, 2.45) is 0 Å². The number of ether oxygens (including phenoxy) is 1. The number of halogens is 1. The molecule has 0 aliphatic heterocycles. The Kier molecular flexibility index (Phi) is 5.18. The number of rotatable bonds is 4. The van der Waals surface area contributed by atoms with E-state index in [1.54, 1.807) is 12.3 Å². The van der Waals surface area contributed by atoms with Crippen LogP contribution in [0.1, 0.15) is 30.0 Å². The van der Waals surface area contributed by atoms with E-state index in [1.165, 1.54) is 19.2 Å². The fraction of sp³-hybridized carbons (Fsp3) is 0.190. The van der Waals surface area contributed by atoms with Crippen LogP contribution in [0.25, 0.3) is 17.2 Å². The first kappa shape index (κ1) is 18.3. The van der Waals surface area contributed by atoms with Crippen LogP contribution in [0.4, 0.5) is 4.39 Å². The molecule has 5 heteroatoms. The quantitative estimate of drug-likeness (QED) is 0.747. The molecule has 134 valence electrons. The van der Waals surface area contributed by atoms with E-state index in [2.05, 4.69) is 0 Å². The Morgan fingerprint density at radius 1 is 1.15 bits per heavy atom. The standard InChI is InChI=1S/C21H19FO3S/c1-13-18(10-14-4-7-16(8-5-14)26(3)24)17-9-6-15(22)11-20(17)19(13)12-21(23)25-2/h4-11H,12H2,1-3H3/b18-10-. The average molecular weight is 370 g/mol. The summed E-state index contributed by atoms with van der Waals surface area (Å²) in [6.45, 7) is 1.93. The van der Waals surface area contributed by atoms with Crippen molar-refractivity contribution in [1.29, 1.82) is 0 Å². The summed E-state index contributed by atoms with van der Waals surface area (Å²) in [6, 6.07) is 12.1. The van der Waals surface area contributed by atoms with Crippen molar-refractivity contribution in [3.63, 3.8) is 0 Å². The number of hydrogen-bond acceptors (Lipinski definition) is 3. The van der Waals surface area contributed by atoms with Crippen LogP contribution in [0.3, 0.4) is 0 Å². The van der Waals surface area contributed by atoms with Gasteiger partial charge in [-0.1, -0.05) is 18.2 Å². The van der Waals surface area contributed by atoms with Crippen molar-refractivity contribution in [3.05, 3.63) is 70.5 Å². The van der Waals surface area contributed by atoms with Crippen LogP contribution in [0.5, 0.6) is 0 Å². The highest BCUT2D eigenvalue weighted by Gasteiger charge is 2.25. The molecule has 3 nitrogen and oxygen atoms in total. The SMILES string of the molecule is COC(=O)CC1=C(C)/C(=C/c2ccc(S(C)=O)cc2)c2ccc(F)cc21. The monoisotopic (exact) mass is 370 g/mol. The summed E-state index contributed by atoms with van der Waals surface area (Å²) in [5.74, 6) is -0.694. The maximum absolute atomic E-state index is 13.8. The molecule has 0 bridgehead atoms. The van der Waals surface area contributed by atoms with Crippen LogP contribution in [0.15, 0.2) is 52.9 Å². The van der Waals surface area contributed by atoms with Crippen molar-refractivity contribution in [2.75, 3.05) is 13.4 Å². The Hall–Kier alpha value is -2.53. The number of esters is 1. The molecule has 0 saturated heterocycles. The van der Waals surface area contributed by atoms with E-state index in [9.17, 15) is 13.4 Å². The Morgan fingerprint density at radius 3 is 2.46 bits per heavy atom. The minimum Gasteiger partial charge on any atom is -0.469 e. The van der Waals surface area contributed by atoms with Crippen molar-refractivity contribution in [2.45, 2.75) is 18.2 Å². The largest absolute Gasteiger partial charge is 0.469 e. The molecule has 1 atom stereocenters. The number of fused-ring (bicyclic) bond motifs is 1. The van der Waals surface area contributed by atoms with E-state index in [4.69, 9.17) is 4.74 Å². The van der Waals surface area contributed by atoms with Gasteiger partial charge in [-0.05, 0) is 70.7 Å². The fourth-order valence-electron chi connectivity index (χ4n) is 3.12. The second kappa shape index (κ2) is 7.38. The summed E-state index contributed by atoms with van der Waals surface area (Å²) in [7, 11) is 0.319. The third-order valence-corrected chi connectivity index (χ3v) is 5.46. The molecule has 1 aliphatic carbocycles. The molecule has 0 N–H and O–H groups in total. The minimum absolute atomic E-state index is 0.101. The first-order valence-electron chi connectivity index (χ1n) is 8.13. The predicted molar refractivity (Wildman–Crippen MR) is 102 cm³/mol. The Bertz CT molecular complexity index is 956. The maximum Gasteiger partial charge on any atom is 0.310 e. The first-order chi connectivity index (χ1) is 12.4. The van der Waals surface area contributed by atoms with Crippen LogP contribution in [-0.2, 0) is 20.3 Å². The normalized spacial score (nSPS) is 15.9. The van der Waals surface area contributed by atoms with Gasteiger partial charge < -0.3 is 4.74 Å². The molecule has 0 aromatic heterocycles. The molecule has 0 radical (unpaired) electrons. The summed E-state index contributed by atoms with van der Waals surface area (Å²) in [5.41, 5.74) is 5.23. The summed E-state index contributed by atoms with van der Waals surface area (Å²) in [5, 5.41) is 0. The second-order valence-electron chi connectivity index (χ2n) is 6.13. The van der Waals surface area contributed by atoms with E-state index in [-0.39, 0.29) is 18.2 Å². The molecule has 3 rings (SSSR count). The molecule has 2 aromatic rings. The first-order valence-corrected chi connectivity index (χ1v) is 9.69. The van der Waals surface area contributed by atoms with Crippen LogP contribution >= 0.6 is 0 Å². The Morgan fingerprint density at radius 2 is 1.85 bits per heavy atom. The summed E-state index contributed by atoms with van der Waals surface area (Å²) in [4.78, 5) is 12.5. The second-order valence-corrected chi connectivity index (χ2v) is 7.51. The lowest BCUT2D eigenvalue weighted by Gasteiger charge is -2.05. The highest BCUT2D eigenvalue weighted by molar-refractivity contribution is 7.84. The number of methoxy groups -OCH3 is 1. The van der Waals surface area contributed by atoms with Gasteiger partial charge in [0, 0.05) is 22.0 Å². The molecule has 0 saturated carbocycles. The highest BCUT2D eigenvalue weighted by Crippen LogP contribution is 2.43. The molecule has 1 aliphatic rings. The van der Waals surface area contributed by atoms with Gasteiger partial charge in [0.2, 0.25) is 0 Å². The predicted octanol–water partition coefficient (Wildman–Crippen LogP) is 4.45. The maximum atomic E-state index is 13.8. The zero-order chi connectivity index (χ0) is 18.8. The van der Waals surface area contributed by atoms with Crippen LogP contribution in [0, 0.1) is 5.82 Å². The van der Waals surface area contributed by atoms with Crippen molar-refractivity contribution < 1.29 is 18.1 Å². The number of hydrogen-bond donors (Lipinski definition) is 0. The van der Waals surface area contributed by atoms with Crippen LogP contribution < -0.4 is 0 Å². The van der Waals surface area contributed by atoms with Gasteiger partial charge in [0.1, 0.15) is 5.82 Å². The lowest BCUT2D eigenvalue weighted by atomic mass is 10.0. The van der Waals surface area contributed by atoms with Crippen molar-refractivity contribution in [3.8, 4) is 0 Å². The third-order valence-electron chi connectivity index (χ3n) is 4.53. The average Bonchev–Trinajstić information content (AvgIpc) is 2.87. The molecule has 0 fully saturated rings. The van der Waals surface area contributed by atoms with Crippen molar-refractivity contribution >= 4 is 34.0 Å². The van der Waals surface area contributed by atoms with Gasteiger partial charge >= 0.3 is 5.97 Å². The number of allylic oxidation sites excluding steroid dienone is 2. The fourth-order valence-corrected chi connectivity index (χ4v) is 3.64. The van der Waals surface area contributed by atoms with E-state index >= 15 is 0 Å². The molecule has 2 aromatic carbocycles.